The molecule has 0 heteroatoms. The Morgan fingerprint density at radius 1 is 0.0533 bits per heavy atom. The fourth-order valence-corrected chi connectivity index (χ4v) is 0. The van der Waals surface area contributed by atoms with Gasteiger partial charge in [-0.2, -0.15) is 0 Å². The highest BCUT2D eigenvalue weighted by molar-refractivity contribution is 3.99. The van der Waals surface area contributed by atoms with Crippen molar-refractivity contribution in [2.45, 2.75) is 507 Å². The SMILES string of the molecule is CCC.CCC.CCC.CCC.CCC.CCC.CCC.CCC.CCC.CCC.CCC.CCC.CCC.CCC.CCC.CCC.CCC.CCC.CCC.CCC.CCC.CCC.CCC.CCC.CCC. The molecule has 0 aliphatic rings. The molecule has 0 atom stereocenters. The Morgan fingerprint density at radius 3 is 0.0533 bits per heavy atom. The summed E-state index contributed by atoms with van der Waals surface area (Å²) in [5, 5.41) is 0. The molecule has 0 bridgehead atoms. The van der Waals surface area contributed by atoms with E-state index in [1.807, 2.05) is 0 Å². The molecule has 0 radical (unpaired) electrons. The van der Waals surface area contributed by atoms with Gasteiger partial charge in [0, 0.05) is 0 Å². The van der Waals surface area contributed by atoms with Crippen molar-refractivity contribution in [3.8, 4) is 0 Å². The van der Waals surface area contributed by atoms with Crippen molar-refractivity contribution in [1.82, 2.24) is 0 Å². The van der Waals surface area contributed by atoms with Gasteiger partial charge < -0.3 is 0 Å². The van der Waals surface area contributed by atoms with Crippen LogP contribution in [0.15, 0.2) is 0 Å². The van der Waals surface area contributed by atoms with Crippen molar-refractivity contribution in [3.05, 3.63) is 0 Å². The molecule has 0 aliphatic carbocycles. The molecule has 0 N–H and O–H groups in total. The van der Waals surface area contributed by atoms with Crippen LogP contribution >= 0.6 is 0 Å². The number of hydrogen-bond donors (Lipinski definition) is 0. The zero-order chi connectivity index (χ0) is 67.7. The van der Waals surface area contributed by atoms with Crippen LogP contribution in [0.5, 0.6) is 0 Å². The van der Waals surface area contributed by atoms with Crippen molar-refractivity contribution >= 4 is 0 Å². The maximum atomic E-state index is 2.12. The summed E-state index contributed by atoms with van der Waals surface area (Å²) in [5.74, 6) is 0. The van der Waals surface area contributed by atoms with Gasteiger partial charge in [0.15, 0.2) is 0 Å². The Morgan fingerprint density at radius 2 is 0.0533 bits per heavy atom. The van der Waals surface area contributed by atoms with E-state index in [9.17, 15) is 0 Å². The zero-order valence-electron chi connectivity index (χ0n) is 67.7. The van der Waals surface area contributed by atoms with Crippen LogP contribution in [-0.4, -0.2) is 0 Å². The van der Waals surface area contributed by atoms with E-state index in [0.29, 0.717) is 0 Å². The molecule has 0 aromatic carbocycles. The Kier molecular flexibility index (Phi) is 1380. The summed E-state index contributed by atoms with van der Waals surface area (Å²) in [5.41, 5.74) is 0. The second kappa shape index (κ2) is 631. The molecule has 0 nitrogen and oxygen atoms in total. The Balaban J connectivity index is -0.0000000151. The van der Waals surface area contributed by atoms with Crippen LogP contribution in [0.3, 0.4) is 0 Å². The molecular formula is C75H200. The fraction of sp³-hybridized carbons (Fsp3) is 1.00. The molecule has 0 amide bonds. The molecule has 0 fully saturated rings. The Labute approximate surface area is 504 Å². The van der Waals surface area contributed by atoms with Crippen LogP contribution in [0.1, 0.15) is 507 Å². The maximum Gasteiger partial charge on any atom is -0.0590 e. The standard InChI is InChI=1S/25C3H8/c25*1-3-2/h25*3H2,1-2H3. The molecule has 0 aromatic heterocycles. The second-order valence-corrected chi connectivity index (χ2v) is 17.7. The van der Waals surface area contributed by atoms with Crippen LogP contribution in [0.4, 0.5) is 0 Å². The van der Waals surface area contributed by atoms with Gasteiger partial charge >= 0.3 is 0 Å². The first-order chi connectivity index (χ1) is 35.4. The summed E-state index contributed by atoms with van der Waals surface area (Å²) >= 11 is 0. The zero-order valence-corrected chi connectivity index (χ0v) is 67.7. The minimum Gasteiger partial charge on any atom is -0.0656 e. The third-order valence-electron chi connectivity index (χ3n) is 0. The maximum absolute atomic E-state index is 2.12. The molecule has 0 rings (SSSR count). The van der Waals surface area contributed by atoms with Crippen LogP contribution in [0.2, 0.25) is 0 Å². The largest absolute Gasteiger partial charge is 0.0656 e. The topological polar surface area (TPSA) is 0 Å². The molecule has 75 heavy (non-hydrogen) atoms. The van der Waals surface area contributed by atoms with Crippen molar-refractivity contribution < 1.29 is 0 Å². The van der Waals surface area contributed by atoms with E-state index in [0.717, 1.165) is 0 Å². The predicted molar refractivity (Wildman–Crippen MR) is 399 cm³/mol. The molecule has 500 valence electrons. The van der Waals surface area contributed by atoms with Crippen molar-refractivity contribution in [2.75, 3.05) is 0 Å². The first-order valence-electron chi connectivity index (χ1n) is 35.4. The van der Waals surface area contributed by atoms with Gasteiger partial charge in [-0.3, -0.25) is 0 Å². The summed E-state index contributed by atoms with van der Waals surface area (Å²) in [7, 11) is 0. The molecule has 0 heterocycles. The lowest BCUT2D eigenvalue weighted by atomic mass is 10.6. The summed E-state index contributed by atoms with van der Waals surface area (Å²) in [6, 6.07) is 0. The van der Waals surface area contributed by atoms with Gasteiger partial charge in [0.2, 0.25) is 0 Å². The highest BCUT2D eigenvalue weighted by atomic mass is 13.5. The average molecular weight is 1100 g/mol. The smallest absolute Gasteiger partial charge is 0.0590 e. The van der Waals surface area contributed by atoms with Crippen molar-refractivity contribution in [1.29, 1.82) is 0 Å². The third kappa shape index (κ3) is 0. The van der Waals surface area contributed by atoms with Crippen LogP contribution < -0.4 is 0 Å². The summed E-state index contributed by atoms with van der Waals surface area (Å²) in [6.07, 6.45) is 31.2. The molecule has 0 saturated carbocycles. The normalized spacial score (nSPS) is 6.00. The molecule has 0 unspecified atom stereocenters. The number of hydrogen-bond acceptors (Lipinski definition) is 0. The summed E-state index contributed by atoms with van der Waals surface area (Å²) in [6.45, 7) is 106. The number of rotatable bonds is 0. The van der Waals surface area contributed by atoms with Crippen molar-refractivity contribution in [2.24, 2.45) is 0 Å². The van der Waals surface area contributed by atoms with E-state index >= 15 is 0 Å². The van der Waals surface area contributed by atoms with Crippen LogP contribution in [0, 0.1) is 0 Å². The Hall–Kier alpha value is 0. The average Bonchev–Trinajstić information content (AvgIpc) is 3.28. The van der Waals surface area contributed by atoms with Crippen molar-refractivity contribution in [3.63, 3.8) is 0 Å². The first kappa shape index (κ1) is 164. The minimum absolute atomic E-state index is 1.25. The van der Waals surface area contributed by atoms with E-state index in [-0.39, 0.29) is 0 Å². The van der Waals surface area contributed by atoms with Gasteiger partial charge in [-0.1, -0.05) is 507 Å². The highest BCUT2D eigenvalue weighted by Gasteiger charge is 1.42. The van der Waals surface area contributed by atoms with Gasteiger partial charge in [0.25, 0.3) is 0 Å². The van der Waals surface area contributed by atoms with Gasteiger partial charge in [0.1, 0.15) is 0 Å². The fourth-order valence-electron chi connectivity index (χ4n) is 0. The van der Waals surface area contributed by atoms with E-state index in [1.54, 1.807) is 0 Å². The minimum atomic E-state index is 1.25. The van der Waals surface area contributed by atoms with Gasteiger partial charge in [-0.05, 0) is 0 Å². The third-order valence-corrected chi connectivity index (χ3v) is 0. The van der Waals surface area contributed by atoms with Gasteiger partial charge in [-0.25, -0.2) is 0 Å². The molecule has 0 saturated heterocycles. The highest BCUT2D eigenvalue weighted by Crippen LogP contribution is 1.63. The first-order valence-corrected chi connectivity index (χ1v) is 35.4. The summed E-state index contributed by atoms with van der Waals surface area (Å²) < 4.78 is 0. The quantitative estimate of drug-likeness (QED) is 0.227. The van der Waals surface area contributed by atoms with E-state index in [1.165, 1.54) is 161 Å². The molecule has 0 aliphatic heterocycles. The van der Waals surface area contributed by atoms with Gasteiger partial charge in [0.05, 0.1) is 0 Å². The van der Waals surface area contributed by atoms with Crippen LogP contribution in [0.25, 0.3) is 0 Å². The van der Waals surface area contributed by atoms with E-state index in [4.69, 9.17) is 0 Å². The molecule has 0 spiro atoms. The molecule has 0 aromatic rings. The lowest BCUT2D eigenvalue weighted by molar-refractivity contribution is 1.09. The van der Waals surface area contributed by atoms with Gasteiger partial charge in [-0.15, -0.1) is 0 Å². The van der Waals surface area contributed by atoms with Crippen LogP contribution in [-0.2, 0) is 0 Å². The predicted octanol–water partition coefficient (Wildman–Crippen LogP) is 35.4. The lowest BCUT2D eigenvalue weighted by Crippen LogP contribution is -1.27. The van der Waals surface area contributed by atoms with E-state index < -0.39 is 0 Å². The lowest BCUT2D eigenvalue weighted by Gasteiger charge is -1.48. The summed E-state index contributed by atoms with van der Waals surface area (Å²) in [4.78, 5) is 0. The van der Waals surface area contributed by atoms with E-state index in [2.05, 4.69) is 346 Å². The second-order valence-electron chi connectivity index (χ2n) is 17.7. The monoisotopic (exact) mass is 1100 g/mol. The Bertz CT molecular complexity index is 116. The molecular weight excluding hydrogens is 901 g/mol.